The van der Waals surface area contributed by atoms with Crippen LogP contribution in [0.1, 0.15) is 25.7 Å². The molecule has 14 heavy (non-hydrogen) atoms. The van der Waals surface area contributed by atoms with E-state index in [1.807, 2.05) is 0 Å². The van der Waals surface area contributed by atoms with Gasteiger partial charge in [-0.1, -0.05) is 6.42 Å². The van der Waals surface area contributed by atoms with Gasteiger partial charge in [-0.15, -0.1) is 0 Å². The summed E-state index contributed by atoms with van der Waals surface area (Å²) in [5.41, 5.74) is 0. The zero-order chi connectivity index (χ0) is 9.10. The van der Waals surface area contributed by atoms with E-state index in [1.165, 1.54) is 52.0 Å². The molecule has 2 fully saturated rings. The fourth-order valence-electron chi connectivity index (χ4n) is 2.65. The van der Waals surface area contributed by atoms with Crippen LogP contribution in [0, 0.1) is 6.92 Å². The van der Waals surface area contributed by atoms with Crippen LogP contribution in [0.25, 0.3) is 0 Å². The molecular weight excluding hydrogens is 249 g/mol. The first kappa shape index (κ1) is 13.1. The van der Waals surface area contributed by atoms with Gasteiger partial charge >= 0.3 is 0 Å². The molecule has 2 heterocycles. The van der Waals surface area contributed by atoms with Crippen LogP contribution in [0.2, 0.25) is 0 Å². The maximum Gasteiger partial charge on any atom is 0.0223 e. The van der Waals surface area contributed by atoms with Crippen molar-refractivity contribution >= 4 is 0 Å². The number of hydrogen-bond acceptors (Lipinski definition) is 2. The van der Waals surface area contributed by atoms with Crippen LogP contribution >= 0.6 is 0 Å². The molecule has 2 saturated heterocycles. The van der Waals surface area contributed by atoms with Crippen LogP contribution in [0.15, 0.2) is 0 Å². The van der Waals surface area contributed by atoms with E-state index in [0.717, 1.165) is 12.5 Å². The van der Waals surface area contributed by atoms with Crippen molar-refractivity contribution < 1.29 is 32.7 Å². The average molecular weight is 270 g/mol. The second-order valence-corrected chi connectivity index (χ2v) is 4.34. The third-order valence-corrected chi connectivity index (χ3v) is 3.40. The van der Waals surface area contributed by atoms with Gasteiger partial charge in [0.1, 0.15) is 0 Å². The summed E-state index contributed by atoms with van der Waals surface area (Å²) in [5, 5.41) is 0. The second-order valence-electron chi connectivity index (χ2n) is 4.34. The molecule has 2 aliphatic rings. The molecule has 0 aromatic rings. The molecule has 3 heteroatoms. The van der Waals surface area contributed by atoms with E-state index < -0.39 is 0 Å². The van der Waals surface area contributed by atoms with E-state index in [-0.39, 0.29) is 32.7 Å². The Kier molecular flexibility index (Phi) is 6.15. The minimum absolute atomic E-state index is 0. The van der Waals surface area contributed by atoms with Crippen molar-refractivity contribution in [3.63, 3.8) is 0 Å². The van der Waals surface area contributed by atoms with Crippen molar-refractivity contribution in [2.45, 2.75) is 31.7 Å². The van der Waals surface area contributed by atoms with Crippen LogP contribution in [0.4, 0.5) is 0 Å². The van der Waals surface area contributed by atoms with Gasteiger partial charge in [0.15, 0.2) is 0 Å². The fraction of sp³-hybridized carbons (Fsp3) is 0.909. The van der Waals surface area contributed by atoms with Gasteiger partial charge in [-0.05, 0) is 25.9 Å². The predicted octanol–water partition coefficient (Wildman–Crippen LogP) is 1.38. The molecule has 0 spiro atoms. The molecule has 1 atom stereocenters. The Balaban J connectivity index is 0.000000980. The first-order valence-corrected chi connectivity index (χ1v) is 5.66. The maximum atomic E-state index is 3.93. The zero-order valence-corrected chi connectivity index (χ0v) is 12.0. The smallest absolute Gasteiger partial charge is 0.0223 e. The first-order valence-electron chi connectivity index (χ1n) is 5.66. The Morgan fingerprint density at radius 1 is 1.14 bits per heavy atom. The molecule has 2 aliphatic heterocycles. The summed E-state index contributed by atoms with van der Waals surface area (Å²) in [5.74, 6) is 0. The zero-order valence-electron chi connectivity index (χ0n) is 9.12. The van der Waals surface area contributed by atoms with E-state index in [9.17, 15) is 0 Å². The Hall–Kier alpha value is 1.02. The Morgan fingerprint density at radius 3 is 2.79 bits per heavy atom. The van der Waals surface area contributed by atoms with E-state index in [1.54, 1.807) is 0 Å². The van der Waals surface area contributed by atoms with E-state index in [4.69, 9.17) is 0 Å². The number of rotatable bonds is 2. The number of hydrogen-bond donors (Lipinski definition) is 0. The van der Waals surface area contributed by atoms with Gasteiger partial charge in [-0.2, -0.15) is 6.42 Å². The Labute approximate surface area is 113 Å². The van der Waals surface area contributed by atoms with Gasteiger partial charge in [0.05, 0.1) is 0 Å². The molecule has 0 aromatic heterocycles. The van der Waals surface area contributed by atoms with Crippen molar-refractivity contribution in [3.8, 4) is 0 Å². The normalized spacial score (nSPS) is 29.4. The quantitative estimate of drug-likeness (QED) is 0.699. The first-order chi connectivity index (χ1) is 6.40. The minimum atomic E-state index is 0. The Bertz CT molecular complexity index is 163. The maximum absolute atomic E-state index is 3.93. The van der Waals surface area contributed by atoms with Gasteiger partial charge in [0.25, 0.3) is 0 Å². The van der Waals surface area contributed by atoms with Gasteiger partial charge < -0.3 is 11.8 Å². The van der Waals surface area contributed by atoms with Gasteiger partial charge in [-0.3, -0.25) is 4.90 Å². The van der Waals surface area contributed by atoms with Crippen molar-refractivity contribution in [1.82, 2.24) is 9.80 Å². The van der Waals surface area contributed by atoms with E-state index >= 15 is 0 Å². The van der Waals surface area contributed by atoms with Crippen molar-refractivity contribution in [2.75, 3.05) is 32.7 Å². The molecular formula is C11H21N2Y-. The van der Waals surface area contributed by atoms with Gasteiger partial charge in [0, 0.05) is 58.4 Å². The molecule has 2 nitrogen and oxygen atoms in total. The van der Waals surface area contributed by atoms with Crippen LogP contribution in [-0.4, -0.2) is 48.6 Å². The Morgan fingerprint density at radius 2 is 2.00 bits per heavy atom. The van der Waals surface area contributed by atoms with E-state index in [0.29, 0.717) is 0 Å². The minimum Gasteiger partial charge on any atom is -0.342 e. The van der Waals surface area contributed by atoms with Crippen molar-refractivity contribution in [1.29, 1.82) is 0 Å². The number of nitrogens with zero attached hydrogens (tertiary/aromatic N) is 2. The molecule has 1 unspecified atom stereocenters. The standard InChI is InChI=1S/C11H21N2.Y/c1-2-6-12-8-9-13-7-4-3-5-11(13)10-12;/h11H,1-10H2;/q-1;. The monoisotopic (exact) mass is 270 g/mol. The summed E-state index contributed by atoms with van der Waals surface area (Å²) >= 11 is 0. The van der Waals surface area contributed by atoms with Crippen LogP contribution in [0.3, 0.4) is 0 Å². The average Bonchev–Trinajstić information content (AvgIpc) is 2.18. The fourth-order valence-corrected chi connectivity index (χ4v) is 2.65. The van der Waals surface area contributed by atoms with Crippen LogP contribution < -0.4 is 0 Å². The van der Waals surface area contributed by atoms with Crippen LogP contribution in [-0.2, 0) is 32.7 Å². The number of fused-ring (bicyclic) bond motifs is 1. The molecule has 79 valence electrons. The molecule has 1 radical (unpaired) electrons. The molecule has 0 amide bonds. The third kappa shape index (κ3) is 3.26. The molecule has 0 N–H and O–H groups in total. The molecule has 0 aromatic carbocycles. The summed E-state index contributed by atoms with van der Waals surface area (Å²) in [6, 6.07) is 0.869. The van der Waals surface area contributed by atoms with Crippen LogP contribution in [0.5, 0.6) is 0 Å². The molecule has 0 aliphatic carbocycles. The van der Waals surface area contributed by atoms with E-state index in [2.05, 4.69) is 16.7 Å². The molecule has 0 bridgehead atoms. The SMILES string of the molecule is [CH2-]CCN1CCN2CCCCC2C1.[Y]. The predicted molar refractivity (Wildman–Crippen MR) is 55.6 cm³/mol. The van der Waals surface area contributed by atoms with Crippen molar-refractivity contribution in [3.05, 3.63) is 6.92 Å². The van der Waals surface area contributed by atoms with Gasteiger partial charge in [-0.25, -0.2) is 0 Å². The summed E-state index contributed by atoms with van der Waals surface area (Å²) in [6.45, 7) is 10.3. The molecule has 2 rings (SSSR count). The summed E-state index contributed by atoms with van der Waals surface area (Å²) in [7, 11) is 0. The largest absolute Gasteiger partial charge is 0.342 e. The van der Waals surface area contributed by atoms with Gasteiger partial charge in [0.2, 0.25) is 0 Å². The number of piperidine rings is 1. The van der Waals surface area contributed by atoms with Crippen molar-refractivity contribution in [2.24, 2.45) is 0 Å². The number of piperazine rings is 1. The topological polar surface area (TPSA) is 6.48 Å². The summed E-state index contributed by atoms with van der Waals surface area (Å²) < 4.78 is 0. The summed E-state index contributed by atoms with van der Waals surface area (Å²) in [6.07, 6.45) is 5.35. The summed E-state index contributed by atoms with van der Waals surface area (Å²) in [4.78, 5) is 5.27. The second kappa shape index (κ2) is 6.57. The third-order valence-electron chi connectivity index (χ3n) is 3.40. The molecule has 0 saturated carbocycles.